The van der Waals surface area contributed by atoms with Crippen LogP contribution in [0.5, 0.6) is 0 Å². The summed E-state index contributed by atoms with van der Waals surface area (Å²) in [5.41, 5.74) is 2.54. The van der Waals surface area contributed by atoms with E-state index in [9.17, 15) is 5.11 Å². The van der Waals surface area contributed by atoms with Crippen LogP contribution in [-0.2, 0) is 0 Å². The second kappa shape index (κ2) is 5.51. The second-order valence-corrected chi connectivity index (χ2v) is 6.10. The van der Waals surface area contributed by atoms with Gasteiger partial charge in [-0.2, -0.15) is 0 Å². The maximum absolute atomic E-state index is 9.54. The molecule has 0 aromatic heterocycles. The van der Waals surface area contributed by atoms with E-state index in [4.69, 9.17) is 0 Å². The maximum Gasteiger partial charge on any atom is 0.0761 e. The smallest absolute Gasteiger partial charge is 0.0761 e. The Bertz CT molecular complexity index is 407. The van der Waals surface area contributed by atoms with Gasteiger partial charge in [0.2, 0.25) is 0 Å². The van der Waals surface area contributed by atoms with Crippen LogP contribution in [0.3, 0.4) is 0 Å². The SMILES string of the molecule is CC(O)c1ccc(N(C)CC2(N(C)C)CCC2)cc1. The maximum atomic E-state index is 9.54. The van der Waals surface area contributed by atoms with Gasteiger partial charge in [0.05, 0.1) is 6.10 Å². The molecule has 1 unspecified atom stereocenters. The average Bonchev–Trinajstić information content (AvgIpc) is 2.33. The summed E-state index contributed by atoms with van der Waals surface area (Å²) in [6, 6.07) is 8.23. The highest BCUT2D eigenvalue weighted by molar-refractivity contribution is 5.47. The minimum absolute atomic E-state index is 0.345. The zero-order valence-electron chi connectivity index (χ0n) is 12.6. The van der Waals surface area contributed by atoms with Crippen molar-refractivity contribution in [3.63, 3.8) is 0 Å². The van der Waals surface area contributed by atoms with Crippen LogP contribution in [0.25, 0.3) is 0 Å². The molecule has 0 heterocycles. The molecule has 1 aromatic rings. The number of rotatable bonds is 5. The summed E-state index contributed by atoms with van der Waals surface area (Å²) in [7, 11) is 6.52. The molecule has 0 amide bonds. The van der Waals surface area contributed by atoms with E-state index in [0.717, 1.165) is 12.1 Å². The highest BCUT2D eigenvalue weighted by Crippen LogP contribution is 2.37. The Morgan fingerprint density at radius 2 is 1.74 bits per heavy atom. The second-order valence-electron chi connectivity index (χ2n) is 6.10. The third kappa shape index (κ3) is 2.93. The van der Waals surface area contributed by atoms with Crippen molar-refractivity contribution in [3.05, 3.63) is 29.8 Å². The van der Waals surface area contributed by atoms with Gasteiger partial charge in [0, 0.05) is 24.8 Å². The Morgan fingerprint density at radius 3 is 2.11 bits per heavy atom. The Balaban J connectivity index is 2.05. The van der Waals surface area contributed by atoms with Crippen LogP contribution in [-0.4, -0.2) is 43.2 Å². The molecule has 1 fully saturated rings. The molecule has 0 saturated heterocycles. The number of likely N-dealkylation sites (N-methyl/N-ethyl adjacent to an activating group) is 2. The monoisotopic (exact) mass is 262 g/mol. The molecule has 106 valence electrons. The van der Waals surface area contributed by atoms with Gasteiger partial charge in [-0.05, 0) is 58.0 Å². The summed E-state index contributed by atoms with van der Waals surface area (Å²) in [5.74, 6) is 0. The van der Waals surface area contributed by atoms with Gasteiger partial charge >= 0.3 is 0 Å². The molecule has 0 radical (unpaired) electrons. The van der Waals surface area contributed by atoms with Gasteiger partial charge in [-0.15, -0.1) is 0 Å². The van der Waals surface area contributed by atoms with Crippen LogP contribution in [0.2, 0.25) is 0 Å². The van der Waals surface area contributed by atoms with Gasteiger partial charge < -0.3 is 14.9 Å². The largest absolute Gasteiger partial charge is 0.389 e. The molecule has 1 saturated carbocycles. The van der Waals surface area contributed by atoms with Gasteiger partial charge in [-0.25, -0.2) is 0 Å². The molecular weight excluding hydrogens is 236 g/mol. The number of anilines is 1. The van der Waals surface area contributed by atoms with E-state index < -0.39 is 0 Å². The first-order valence-corrected chi connectivity index (χ1v) is 7.11. The number of hydrogen-bond donors (Lipinski definition) is 1. The van der Waals surface area contributed by atoms with E-state index in [1.54, 1.807) is 6.92 Å². The molecule has 1 N–H and O–H groups in total. The Kier molecular flexibility index (Phi) is 4.16. The molecule has 0 aliphatic heterocycles. The number of benzene rings is 1. The fourth-order valence-corrected chi connectivity index (χ4v) is 2.87. The van der Waals surface area contributed by atoms with Crippen LogP contribution in [0.1, 0.15) is 37.9 Å². The number of aliphatic hydroxyl groups excluding tert-OH is 1. The minimum atomic E-state index is -0.390. The number of nitrogens with zero attached hydrogens (tertiary/aromatic N) is 2. The van der Waals surface area contributed by atoms with Gasteiger partial charge in [0.1, 0.15) is 0 Å². The normalized spacial score (nSPS) is 19.1. The molecule has 0 bridgehead atoms. The molecule has 3 nitrogen and oxygen atoms in total. The number of aliphatic hydroxyl groups is 1. The molecule has 2 rings (SSSR count). The van der Waals surface area contributed by atoms with E-state index >= 15 is 0 Å². The van der Waals surface area contributed by atoms with E-state index in [1.165, 1.54) is 24.9 Å². The predicted molar refractivity (Wildman–Crippen MR) is 80.6 cm³/mol. The van der Waals surface area contributed by atoms with Crippen molar-refractivity contribution in [1.82, 2.24) is 4.90 Å². The third-order valence-electron chi connectivity index (χ3n) is 4.58. The van der Waals surface area contributed by atoms with Crippen molar-refractivity contribution < 1.29 is 5.11 Å². The van der Waals surface area contributed by atoms with Crippen molar-refractivity contribution in [3.8, 4) is 0 Å². The van der Waals surface area contributed by atoms with E-state index in [1.807, 2.05) is 12.1 Å². The van der Waals surface area contributed by atoms with Gasteiger partial charge in [0.15, 0.2) is 0 Å². The molecule has 1 aromatic carbocycles. The lowest BCUT2D eigenvalue weighted by atomic mass is 9.75. The highest BCUT2D eigenvalue weighted by Gasteiger charge is 2.39. The lowest BCUT2D eigenvalue weighted by Crippen LogP contribution is -2.56. The molecule has 19 heavy (non-hydrogen) atoms. The van der Waals surface area contributed by atoms with Crippen molar-refractivity contribution in [2.45, 2.75) is 37.8 Å². The van der Waals surface area contributed by atoms with Crippen LogP contribution in [0, 0.1) is 0 Å². The molecule has 1 atom stereocenters. The molecule has 1 aliphatic carbocycles. The summed E-state index contributed by atoms with van der Waals surface area (Å²) < 4.78 is 0. The molecule has 1 aliphatic rings. The summed E-state index contributed by atoms with van der Waals surface area (Å²) in [6.45, 7) is 2.86. The summed E-state index contributed by atoms with van der Waals surface area (Å²) >= 11 is 0. The minimum Gasteiger partial charge on any atom is -0.389 e. The quantitative estimate of drug-likeness (QED) is 0.884. The topological polar surface area (TPSA) is 26.7 Å². The lowest BCUT2D eigenvalue weighted by Gasteiger charge is -2.49. The standard InChI is InChI=1S/C16H26N2O/c1-13(19)14-6-8-15(9-7-14)18(4)12-16(17(2)3)10-5-11-16/h6-9,13,19H,5,10-12H2,1-4H3. The molecule has 3 heteroatoms. The Labute approximate surface area is 116 Å². The molecular formula is C16H26N2O. The lowest BCUT2D eigenvalue weighted by molar-refractivity contribution is 0.0683. The Hall–Kier alpha value is -1.06. The van der Waals surface area contributed by atoms with E-state index in [2.05, 4.69) is 43.1 Å². The third-order valence-corrected chi connectivity index (χ3v) is 4.58. The first-order chi connectivity index (χ1) is 8.94. The fraction of sp³-hybridized carbons (Fsp3) is 0.625. The van der Waals surface area contributed by atoms with Crippen LogP contribution >= 0.6 is 0 Å². The van der Waals surface area contributed by atoms with Gasteiger partial charge in [0.25, 0.3) is 0 Å². The summed E-state index contributed by atoms with van der Waals surface area (Å²) in [4.78, 5) is 4.70. The first-order valence-electron chi connectivity index (χ1n) is 7.11. The first kappa shape index (κ1) is 14.4. The van der Waals surface area contributed by atoms with E-state index in [0.29, 0.717) is 5.54 Å². The zero-order chi connectivity index (χ0) is 14.0. The summed E-state index contributed by atoms with van der Waals surface area (Å²) in [6.07, 6.45) is 3.53. The molecule has 0 spiro atoms. The van der Waals surface area contributed by atoms with Crippen molar-refractivity contribution in [2.75, 3.05) is 32.6 Å². The zero-order valence-corrected chi connectivity index (χ0v) is 12.6. The van der Waals surface area contributed by atoms with Gasteiger partial charge in [-0.3, -0.25) is 0 Å². The van der Waals surface area contributed by atoms with Crippen LogP contribution in [0.15, 0.2) is 24.3 Å². The Morgan fingerprint density at radius 1 is 1.16 bits per heavy atom. The van der Waals surface area contributed by atoms with Crippen LogP contribution in [0.4, 0.5) is 5.69 Å². The fourth-order valence-electron chi connectivity index (χ4n) is 2.87. The van der Waals surface area contributed by atoms with Gasteiger partial charge in [-0.1, -0.05) is 12.1 Å². The summed E-state index contributed by atoms with van der Waals surface area (Å²) in [5, 5.41) is 9.54. The highest BCUT2D eigenvalue weighted by atomic mass is 16.3. The van der Waals surface area contributed by atoms with Crippen LogP contribution < -0.4 is 4.90 Å². The van der Waals surface area contributed by atoms with Crippen molar-refractivity contribution in [1.29, 1.82) is 0 Å². The van der Waals surface area contributed by atoms with E-state index in [-0.39, 0.29) is 6.10 Å². The number of hydrogen-bond acceptors (Lipinski definition) is 3. The predicted octanol–water partition coefficient (Wildman–Crippen LogP) is 2.66. The van der Waals surface area contributed by atoms with Crippen molar-refractivity contribution >= 4 is 5.69 Å². The van der Waals surface area contributed by atoms with Crippen molar-refractivity contribution in [2.24, 2.45) is 0 Å². The average molecular weight is 262 g/mol.